The van der Waals surface area contributed by atoms with Gasteiger partial charge in [0.2, 0.25) is 4.80 Å². The van der Waals surface area contributed by atoms with Crippen LogP contribution in [0.5, 0.6) is 5.75 Å². The van der Waals surface area contributed by atoms with E-state index in [1.54, 1.807) is 30.8 Å². The van der Waals surface area contributed by atoms with Gasteiger partial charge in [-0.25, -0.2) is 4.68 Å². The minimum absolute atomic E-state index is 0.708. The van der Waals surface area contributed by atoms with Gasteiger partial charge in [0.15, 0.2) is 0 Å². The van der Waals surface area contributed by atoms with Gasteiger partial charge in [0, 0.05) is 35.4 Å². The van der Waals surface area contributed by atoms with E-state index in [1.807, 2.05) is 42.1 Å². The first kappa shape index (κ1) is 18.1. The van der Waals surface area contributed by atoms with E-state index >= 15 is 0 Å². The van der Waals surface area contributed by atoms with Crippen molar-refractivity contribution in [3.05, 3.63) is 76.7 Å². The Morgan fingerprint density at radius 3 is 2.79 bits per heavy atom. The van der Waals surface area contributed by atoms with Gasteiger partial charge in [-0.1, -0.05) is 24.3 Å². The smallest absolute Gasteiger partial charge is 0.206 e. The van der Waals surface area contributed by atoms with Gasteiger partial charge in [-0.2, -0.15) is 5.10 Å². The van der Waals surface area contributed by atoms with E-state index in [1.165, 1.54) is 0 Å². The van der Waals surface area contributed by atoms with Crippen molar-refractivity contribution in [1.29, 1.82) is 0 Å². The van der Waals surface area contributed by atoms with Crippen molar-refractivity contribution < 1.29 is 4.74 Å². The number of hydrogen-bond donors (Lipinski definition) is 0. The number of benzene rings is 2. The van der Waals surface area contributed by atoms with Crippen LogP contribution in [0.2, 0.25) is 0 Å². The number of thiazole rings is 1. The highest BCUT2D eigenvalue weighted by Gasteiger charge is 2.08. The van der Waals surface area contributed by atoms with Gasteiger partial charge in [0.1, 0.15) is 5.75 Å². The quantitative estimate of drug-likeness (QED) is 0.470. The van der Waals surface area contributed by atoms with Crippen molar-refractivity contribution in [2.24, 2.45) is 10.1 Å². The molecule has 0 saturated carbocycles. The second-order valence-electron chi connectivity index (χ2n) is 6.15. The van der Waals surface area contributed by atoms with Crippen LogP contribution in [-0.4, -0.2) is 29.5 Å². The number of rotatable bonds is 5. The third kappa shape index (κ3) is 3.73. The van der Waals surface area contributed by atoms with Gasteiger partial charge in [-0.15, -0.1) is 11.3 Å². The first-order valence-corrected chi connectivity index (χ1v) is 9.90. The van der Waals surface area contributed by atoms with Crippen molar-refractivity contribution in [3.8, 4) is 17.0 Å². The summed E-state index contributed by atoms with van der Waals surface area (Å²) in [5, 5.41) is 9.08. The maximum atomic E-state index is 5.32. The van der Waals surface area contributed by atoms with Crippen LogP contribution in [0.3, 0.4) is 0 Å². The number of pyridine rings is 1. The Morgan fingerprint density at radius 1 is 1.14 bits per heavy atom. The molecule has 0 bridgehead atoms. The van der Waals surface area contributed by atoms with Crippen molar-refractivity contribution >= 4 is 28.3 Å². The lowest BCUT2D eigenvalue weighted by Gasteiger charge is -2.07. The summed E-state index contributed by atoms with van der Waals surface area (Å²) in [6.07, 6.45) is 5.35. The van der Waals surface area contributed by atoms with Crippen LogP contribution in [0.25, 0.3) is 22.0 Å². The third-order valence-corrected chi connectivity index (χ3v) is 5.18. The molecular weight excluding hydrogens is 368 g/mol. The molecule has 2 aromatic carbocycles. The predicted octanol–water partition coefficient (Wildman–Crippen LogP) is 4.58. The van der Waals surface area contributed by atoms with Gasteiger partial charge in [-0.3, -0.25) is 9.98 Å². The maximum absolute atomic E-state index is 5.32. The van der Waals surface area contributed by atoms with Crippen molar-refractivity contribution in [2.45, 2.75) is 6.92 Å². The first-order chi connectivity index (χ1) is 13.8. The molecule has 6 heteroatoms. The number of hydrogen-bond acceptors (Lipinski definition) is 5. The molecule has 0 atom stereocenters. The zero-order valence-electron chi connectivity index (χ0n) is 15.7. The minimum atomic E-state index is 0.708. The fourth-order valence-electron chi connectivity index (χ4n) is 2.94. The monoisotopic (exact) mass is 388 g/mol. The number of methoxy groups -OCH3 is 1. The van der Waals surface area contributed by atoms with Gasteiger partial charge in [-0.05, 0) is 42.0 Å². The zero-order chi connectivity index (χ0) is 19.3. The number of ether oxygens (including phenoxy) is 1. The molecule has 0 aliphatic carbocycles. The Balaban J connectivity index is 1.80. The summed E-state index contributed by atoms with van der Waals surface area (Å²) >= 11 is 1.59. The van der Waals surface area contributed by atoms with Gasteiger partial charge >= 0.3 is 0 Å². The molecule has 0 aliphatic heterocycles. The molecule has 140 valence electrons. The first-order valence-electron chi connectivity index (χ1n) is 9.02. The minimum Gasteiger partial charge on any atom is -0.497 e. The highest BCUT2D eigenvalue weighted by atomic mass is 32.1. The molecule has 5 nitrogen and oxygen atoms in total. The molecule has 0 saturated heterocycles. The summed E-state index contributed by atoms with van der Waals surface area (Å²) in [6.45, 7) is 2.73. The highest BCUT2D eigenvalue weighted by molar-refractivity contribution is 7.07. The molecule has 2 aromatic heterocycles. The lowest BCUT2D eigenvalue weighted by molar-refractivity contribution is 0.415. The van der Waals surface area contributed by atoms with Crippen molar-refractivity contribution in [2.75, 3.05) is 13.7 Å². The molecular formula is C22H20N4OS. The Morgan fingerprint density at radius 2 is 2.00 bits per heavy atom. The normalized spacial score (nSPS) is 12.1. The fourth-order valence-corrected chi connectivity index (χ4v) is 3.84. The molecule has 0 fully saturated rings. The summed E-state index contributed by atoms with van der Waals surface area (Å²) in [5.41, 5.74) is 3.05. The van der Waals surface area contributed by atoms with E-state index in [0.29, 0.717) is 6.54 Å². The van der Waals surface area contributed by atoms with E-state index < -0.39 is 0 Å². The number of fused-ring (bicyclic) bond motifs is 1. The Kier molecular flexibility index (Phi) is 5.30. The third-order valence-electron chi connectivity index (χ3n) is 4.33. The highest BCUT2D eigenvalue weighted by Crippen LogP contribution is 2.27. The van der Waals surface area contributed by atoms with E-state index in [9.17, 15) is 0 Å². The van der Waals surface area contributed by atoms with Gasteiger partial charge < -0.3 is 4.74 Å². The van der Waals surface area contributed by atoms with Crippen molar-refractivity contribution in [3.63, 3.8) is 0 Å². The van der Waals surface area contributed by atoms with E-state index in [-0.39, 0.29) is 0 Å². The van der Waals surface area contributed by atoms with Gasteiger partial charge in [0.25, 0.3) is 0 Å². The Bertz CT molecular complexity index is 1190. The molecule has 0 unspecified atom stereocenters. The second kappa shape index (κ2) is 8.19. The zero-order valence-corrected chi connectivity index (χ0v) is 16.6. The largest absolute Gasteiger partial charge is 0.497 e. The number of nitrogens with zero attached hydrogens (tertiary/aromatic N) is 4. The van der Waals surface area contributed by atoms with Gasteiger partial charge in [0.05, 0.1) is 19.0 Å². The molecule has 4 rings (SSSR count). The lowest BCUT2D eigenvalue weighted by Crippen LogP contribution is -2.12. The molecule has 0 amide bonds. The average Bonchev–Trinajstić information content (AvgIpc) is 3.15. The summed E-state index contributed by atoms with van der Waals surface area (Å²) < 4.78 is 7.22. The van der Waals surface area contributed by atoms with Crippen LogP contribution >= 0.6 is 11.3 Å². The van der Waals surface area contributed by atoms with Crippen LogP contribution < -0.4 is 9.54 Å². The molecule has 0 spiro atoms. The Labute approximate surface area is 167 Å². The van der Waals surface area contributed by atoms with Crippen molar-refractivity contribution in [1.82, 2.24) is 9.66 Å². The molecule has 4 aromatic rings. The average molecular weight is 388 g/mol. The Hall–Kier alpha value is -3.25. The molecule has 0 aliphatic rings. The van der Waals surface area contributed by atoms with E-state index in [0.717, 1.165) is 38.1 Å². The molecule has 0 radical (unpaired) electrons. The van der Waals surface area contributed by atoms with E-state index in [4.69, 9.17) is 4.74 Å². The van der Waals surface area contributed by atoms with E-state index in [2.05, 4.69) is 44.7 Å². The SMILES string of the molecule is CCN=c1scc(-c2ccc3cc(OC)ccc3c2)n1N=Cc1cccnc1. The predicted molar refractivity (Wildman–Crippen MR) is 115 cm³/mol. The molecule has 2 heterocycles. The van der Waals surface area contributed by atoms with Crippen LogP contribution in [0, 0.1) is 0 Å². The van der Waals surface area contributed by atoms with Crippen LogP contribution in [0.1, 0.15) is 12.5 Å². The summed E-state index contributed by atoms with van der Waals surface area (Å²) in [6, 6.07) is 16.4. The van der Waals surface area contributed by atoms with Crippen LogP contribution in [-0.2, 0) is 0 Å². The summed E-state index contributed by atoms with van der Waals surface area (Å²) in [4.78, 5) is 9.59. The topological polar surface area (TPSA) is 51.8 Å². The maximum Gasteiger partial charge on any atom is 0.206 e. The van der Waals surface area contributed by atoms with Crippen LogP contribution in [0.4, 0.5) is 0 Å². The fraction of sp³-hybridized carbons (Fsp3) is 0.136. The summed E-state index contributed by atoms with van der Waals surface area (Å²) in [5.74, 6) is 0.857. The molecule has 0 N–H and O–H groups in total. The lowest BCUT2D eigenvalue weighted by atomic mass is 10.1. The number of aromatic nitrogens is 2. The van der Waals surface area contributed by atoms with Crippen LogP contribution in [0.15, 0.2) is 76.4 Å². The second-order valence-corrected chi connectivity index (χ2v) is 6.99. The standard InChI is InChI=1S/C22H20N4OS/c1-3-24-22-26(25-14-16-5-4-10-23-13-16)21(15-28-22)19-7-6-18-12-20(27-2)9-8-17(18)11-19/h4-15H,3H2,1-2H3. The molecule has 28 heavy (non-hydrogen) atoms. The summed E-state index contributed by atoms with van der Waals surface area (Å²) in [7, 11) is 1.68.